The van der Waals surface area contributed by atoms with Crippen molar-refractivity contribution in [2.75, 3.05) is 27.2 Å². The molecule has 0 radical (unpaired) electrons. The molecule has 1 saturated heterocycles. The van der Waals surface area contributed by atoms with Gasteiger partial charge in [0, 0.05) is 26.2 Å². The van der Waals surface area contributed by atoms with Crippen LogP contribution >= 0.6 is 24.0 Å². The number of methoxy groups -OCH3 is 1. The van der Waals surface area contributed by atoms with Crippen LogP contribution in [0.3, 0.4) is 0 Å². The van der Waals surface area contributed by atoms with E-state index in [1.165, 1.54) is 25.7 Å². The minimum absolute atomic E-state index is 0. The number of nitrogens with zero attached hydrogens (tertiary/aromatic N) is 3. The van der Waals surface area contributed by atoms with Crippen molar-refractivity contribution in [3.8, 4) is 5.88 Å². The summed E-state index contributed by atoms with van der Waals surface area (Å²) in [5.41, 5.74) is 1.55. The van der Waals surface area contributed by atoms with Crippen molar-refractivity contribution in [2.45, 2.75) is 32.2 Å². The van der Waals surface area contributed by atoms with Crippen LogP contribution < -0.4 is 10.1 Å². The van der Waals surface area contributed by atoms with Crippen LogP contribution in [0.25, 0.3) is 0 Å². The Balaban J connectivity index is 0.00000176. The van der Waals surface area contributed by atoms with Gasteiger partial charge in [-0.05, 0) is 30.7 Å². The maximum absolute atomic E-state index is 5.16. The van der Waals surface area contributed by atoms with Crippen molar-refractivity contribution in [3.05, 3.63) is 23.9 Å². The van der Waals surface area contributed by atoms with Gasteiger partial charge >= 0.3 is 0 Å². The fraction of sp³-hybridized carbons (Fsp3) is 0.625. The topological polar surface area (TPSA) is 49.8 Å². The highest BCUT2D eigenvalue weighted by atomic mass is 127. The van der Waals surface area contributed by atoms with Crippen molar-refractivity contribution in [1.82, 2.24) is 15.2 Å². The van der Waals surface area contributed by atoms with Crippen LogP contribution in [0.4, 0.5) is 0 Å². The quantitative estimate of drug-likeness (QED) is 0.468. The number of hydrogen-bond acceptors (Lipinski definition) is 3. The number of hydrogen-bond donors (Lipinski definition) is 1. The molecule has 0 bridgehead atoms. The minimum atomic E-state index is 0. The number of guanidine groups is 1. The molecule has 0 unspecified atom stereocenters. The smallest absolute Gasteiger partial charge is 0.213 e. The lowest BCUT2D eigenvalue weighted by Gasteiger charge is -2.38. The first-order valence-electron chi connectivity index (χ1n) is 7.70. The van der Waals surface area contributed by atoms with Crippen molar-refractivity contribution in [1.29, 1.82) is 0 Å². The van der Waals surface area contributed by atoms with Crippen LogP contribution in [0.5, 0.6) is 5.88 Å². The summed E-state index contributed by atoms with van der Waals surface area (Å²) in [6, 6.07) is 5.82. The van der Waals surface area contributed by atoms with Gasteiger partial charge in [-0.15, -0.1) is 24.0 Å². The van der Waals surface area contributed by atoms with Crippen molar-refractivity contribution < 1.29 is 4.74 Å². The zero-order chi connectivity index (χ0) is 14.7. The Morgan fingerprint density at radius 3 is 2.82 bits per heavy atom. The van der Waals surface area contributed by atoms with Gasteiger partial charge in [0.15, 0.2) is 5.96 Å². The molecular formula is C16H25IN4O. The van der Waals surface area contributed by atoms with Crippen LogP contribution in [0.1, 0.15) is 31.4 Å². The molecule has 1 aromatic rings. The van der Waals surface area contributed by atoms with Gasteiger partial charge < -0.3 is 15.0 Å². The largest absolute Gasteiger partial charge is 0.481 e. The lowest BCUT2D eigenvalue weighted by molar-refractivity contribution is 0.151. The van der Waals surface area contributed by atoms with Crippen molar-refractivity contribution >= 4 is 29.9 Å². The molecular weight excluding hydrogens is 391 g/mol. The summed E-state index contributed by atoms with van der Waals surface area (Å²) in [7, 11) is 3.49. The van der Waals surface area contributed by atoms with Gasteiger partial charge in [0.1, 0.15) is 0 Å². The number of likely N-dealkylation sites (tertiary alicyclic amines) is 1. The molecule has 22 heavy (non-hydrogen) atoms. The Morgan fingerprint density at radius 1 is 1.41 bits per heavy atom. The van der Waals surface area contributed by atoms with Gasteiger partial charge in [0.25, 0.3) is 0 Å². The number of rotatable bonds is 3. The highest BCUT2D eigenvalue weighted by Crippen LogP contribution is 2.47. The highest BCUT2D eigenvalue weighted by Gasteiger charge is 2.43. The zero-order valence-corrected chi connectivity index (χ0v) is 15.7. The number of halogens is 1. The first-order chi connectivity index (χ1) is 10.2. The molecule has 0 amide bonds. The normalized spacial score (nSPS) is 19.5. The Kier molecular flexibility index (Phi) is 5.88. The first-order valence-corrected chi connectivity index (χ1v) is 7.70. The van der Waals surface area contributed by atoms with E-state index in [2.05, 4.69) is 20.2 Å². The second kappa shape index (κ2) is 7.48. The van der Waals surface area contributed by atoms with Gasteiger partial charge in [-0.2, -0.15) is 0 Å². The van der Waals surface area contributed by atoms with Gasteiger partial charge in [-0.25, -0.2) is 4.98 Å². The maximum Gasteiger partial charge on any atom is 0.213 e. The molecule has 2 aliphatic rings. The fourth-order valence-corrected chi connectivity index (χ4v) is 3.37. The molecule has 6 heteroatoms. The lowest BCUT2D eigenvalue weighted by Crippen LogP contribution is -2.42. The molecule has 0 aromatic carbocycles. The molecule has 2 heterocycles. The fourth-order valence-electron chi connectivity index (χ4n) is 3.37. The summed E-state index contributed by atoms with van der Waals surface area (Å²) in [5.74, 6) is 1.64. The third kappa shape index (κ3) is 3.64. The average Bonchev–Trinajstić information content (AvgIpc) is 2.94. The van der Waals surface area contributed by atoms with Gasteiger partial charge in [0.05, 0.1) is 19.3 Å². The number of ether oxygens (including phenoxy) is 1. The Labute approximate surface area is 149 Å². The molecule has 1 saturated carbocycles. The number of nitrogens with one attached hydrogen (secondary N) is 1. The van der Waals surface area contributed by atoms with E-state index in [0.29, 0.717) is 17.8 Å². The molecule has 1 aliphatic heterocycles. The third-order valence-electron chi connectivity index (χ3n) is 4.78. The van der Waals surface area contributed by atoms with E-state index in [-0.39, 0.29) is 24.0 Å². The summed E-state index contributed by atoms with van der Waals surface area (Å²) < 4.78 is 5.16. The predicted molar refractivity (Wildman–Crippen MR) is 98.9 cm³/mol. The van der Waals surface area contributed by atoms with Gasteiger partial charge in [0.2, 0.25) is 5.88 Å². The zero-order valence-electron chi connectivity index (χ0n) is 13.3. The minimum Gasteiger partial charge on any atom is -0.481 e. The van der Waals surface area contributed by atoms with Gasteiger partial charge in [-0.1, -0.05) is 12.5 Å². The molecule has 0 atom stereocenters. The van der Waals surface area contributed by atoms with Crippen LogP contribution in [-0.2, 0) is 6.54 Å². The molecule has 2 fully saturated rings. The molecule has 122 valence electrons. The third-order valence-corrected chi connectivity index (χ3v) is 4.78. The first kappa shape index (κ1) is 17.3. The van der Waals surface area contributed by atoms with E-state index < -0.39 is 0 Å². The number of aromatic nitrogens is 1. The van der Waals surface area contributed by atoms with E-state index in [0.717, 1.165) is 24.7 Å². The van der Waals surface area contributed by atoms with Crippen LogP contribution in [0.2, 0.25) is 0 Å². The number of aliphatic imine (C=N–C) groups is 1. The molecule has 1 N–H and O–H groups in total. The Hall–Kier alpha value is -1.05. The van der Waals surface area contributed by atoms with Crippen molar-refractivity contribution in [3.63, 3.8) is 0 Å². The van der Waals surface area contributed by atoms with E-state index in [4.69, 9.17) is 4.74 Å². The molecule has 1 aliphatic carbocycles. The second-order valence-corrected chi connectivity index (χ2v) is 6.10. The van der Waals surface area contributed by atoms with Crippen LogP contribution in [0, 0.1) is 5.41 Å². The second-order valence-electron chi connectivity index (χ2n) is 6.10. The van der Waals surface area contributed by atoms with Crippen molar-refractivity contribution in [2.24, 2.45) is 10.4 Å². The van der Waals surface area contributed by atoms with E-state index >= 15 is 0 Å². The standard InChI is InChI=1S/C16H24N4O.HI/c1-17-15(20-10-9-16(12-20)7-4-8-16)18-11-13-5-3-6-14(19-13)21-2;/h3,5-6H,4,7-12H2,1-2H3,(H,17,18);1H. The monoisotopic (exact) mass is 416 g/mol. The molecule has 1 spiro atoms. The SMILES string of the molecule is CN=C(NCc1cccc(OC)n1)N1CCC2(CCC2)C1.I. The van der Waals surface area contributed by atoms with E-state index in [1.807, 2.05) is 25.2 Å². The Morgan fingerprint density at radius 2 is 2.23 bits per heavy atom. The van der Waals surface area contributed by atoms with E-state index in [9.17, 15) is 0 Å². The summed E-state index contributed by atoms with van der Waals surface area (Å²) in [6.45, 7) is 2.94. The highest BCUT2D eigenvalue weighted by molar-refractivity contribution is 14.0. The average molecular weight is 416 g/mol. The lowest BCUT2D eigenvalue weighted by atomic mass is 9.68. The summed E-state index contributed by atoms with van der Waals surface area (Å²) >= 11 is 0. The molecule has 5 nitrogen and oxygen atoms in total. The summed E-state index contributed by atoms with van der Waals surface area (Å²) in [5, 5.41) is 3.42. The predicted octanol–water partition coefficient (Wildman–Crippen LogP) is 2.66. The molecule has 3 rings (SSSR count). The Bertz CT molecular complexity index is 531. The van der Waals surface area contributed by atoms with E-state index in [1.54, 1.807) is 7.11 Å². The maximum atomic E-state index is 5.16. The summed E-state index contributed by atoms with van der Waals surface area (Å²) in [6.07, 6.45) is 5.48. The van der Waals surface area contributed by atoms with Crippen LogP contribution in [-0.4, -0.2) is 43.1 Å². The number of pyridine rings is 1. The summed E-state index contributed by atoms with van der Waals surface area (Å²) in [4.78, 5) is 11.2. The van der Waals surface area contributed by atoms with Crippen LogP contribution in [0.15, 0.2) is 23.2 Å². The molecule has 1 aromatic heterocycles. The van der Waals surface area contributed by atoms with Gasteiger partial charge in [-0.3, -0.25) is 4.99 Å².